The molecule has 0 saturated heterocycles. The Kier molecular flexibility index (Phi) is 7.46. The summed E-state index contributed by atoms with van der Waals surface area (Å²) in [5.41, 5.74) is 4.46. The first-order chi connectivity index (χ1) is 21.4. The molecule has 0 radical (unpaired) electrons. The monoisotopic (exact) mass is 617 g/mol. The number of H-pyrrole nitrogens is 2. The second kappa shape index (κ2) is 11.2. The predicted octanol–water partition coefficient (Wildman–Crippen LogP) is 3.87. The van der Waals surface area contributed by atoms with E-state index in [0.29, 0.717) is 59.3 Å². The number of amides is 1. The fraction of sp³-hybridized carbons (Fsp3) is 0.323. The summed E-state index contributed by atoms with van der Waals surface area (Å²) < 4.78 is 40.5. The van der Waals surface area contributed by atoms with Gasteiger partial charge in [0.1, 0.15) is 22.8 Å². The van der Waals surface area contributed by atoms with Crippen molar-refractivity contribution in [2.24, 2.45) is 0 Å². The number of carbonyl (C=O) groups excluding carboxylic acids is 1. The molecule has 0 unspecified atom stereocenters. The largest absolute Gasteiger partial charge is 0.737 e. The fourth-order valence-electron chi connectivity index (χ4n) is 6.48. The Morgan fingerprint density at radius 2 is 1.84 bits per heavy atom. The molecule has 14 heteroatoms. The third-order valence-electron chi connectivity index (χ3n) is 8.31. The number of aromatic amines is 2. The lowest BCUT2D eigenvalue weighted by Gasteiger charge is -2.34. The molecule has 1 aromatic carbocycles. The first kappa shape index (κ1) is 30.0. The molecule has 0 aliphatic carbocycles. The third kappa shape index (κ3) is 5.03. The zero-order valence-electron chi connectivity index (χ0n) is 25.8. The Bertz CT molecular complexity index is 2080. The van der Waals surface area contributed by atoms with E-state index in [4.69, 9.17) is 4.74 Å². The number of imidazole rings is 1. The van der Waals surface area contributed by atoms with E-state index in [9.17, 15) is 14.4 Å². The summed E-state index contributed by atoms with van der Waals surface area (Å²) in [7, 11) is 0. The quantitative estimate of drug-likeness (QED) is 0.246. The van der Waals surface area contributed by atoms with E-state index in [2.05, 4.69) is 20.3 Å². The first-order valence-corrected chi connectivity index (χ1v) is 14.9. The first-order valence-electron chi connectivity index (χ1n) is 14.9. The maximum absolute atomic E-state index is 15.7. The molecule has 4 aromatic rings. The summed E-state index contributed by atoms with van der Waals surface area (Å²) in [6, 6.07) is 8.57. The lowest BCUT2D eigenvalue weighted by molar-refractivity contribution is -0.363. The van der Waals surface area contributed by atoms with Gasteiger partial charge in [0.25, 0.3) is 11.5 Å². The Morgan fingerprint density at radius 3 is 2.56 bits per heavy atom. The minimum absolute atomic E-state index is 0.183. The summed E-state index contributed by atoms with van der Waals surface area (Å²) in [4.78, 5) is 47.6. The van der Waals surface area contributed by atoms with Gasteiger partial charge < -0.3 is 32.6 Å². The maximum Gasteiger partial charge on any atom is 0.737 e. The van der Waals surface area contributed by atoms with Crippen molar-refractivity contribution >= 4 is 35.3 Å². The minimum atomic E-state index is -4.03. The number of ether oxygens (including phenoxy) is 1. The van der Waals surface area contributed by atoms with Crippen LogP contribution in [0.1, 0.15) is 50.6 Å². The van der Waals surface area contributed by atoms with Gasteiger partial charge in [0.2, 0.25) is 0 Å². The Labute approximate surface area is 257 Å². The number of nitrogens with zero attached hydrogens (tertiary/aromatic N) is 4. The van der Waals surface area contributed by atoms with Crippen molar-refractivity contribution in [3.05, 3.63) is 85.5 Å². The number of allylic oxidation sites excluding steroid dienone is 2. The molecule has 3 N–H and O–H groups in total. The molecular formula is C31H34BF2N7O4. The molecule has 0 fully saturated rings. The molecule has 5 heterocycles. The number of hydrogen-bond acceptors (Lipinski definition) is 5. The van der Waals surface area contributed by atoms with Crippen LogP contribution in [0, 0.1) is 13.8 Å². The van der Waals surface area contributed by atoms with Crippen molar-refractivity contribution in [2.45, 2.75) is 54.0 Å². The summed E-state index contributed by atoms with van der Waals surface area (Å²) in [6.07, 6.45) is 2.78. The van der Waals surface area contributed by atoms with Crippen LogP contribution in [0.3, 0.4) is 0 Å². The van der Waals surface area contributed by atoms with Crippen molar-refractivity contribution in [1.29, 1.82) is 0 Å². The minimum Gasteiger partial charge on any atom is -0.484 e. The van der Waals surface area contributed by atoms with E-state index in [0.717, 1.165) is 30.2 Å². The predicted molar refractivity (Wildman–Crippen MR) is 169 cm³/mol. The number of carbonyl (C=O) groups is 1. The fourth-order valence-corrected chi connectivity index (χ4v) is 6.48. The van der Waals surface area contributed by atoms with Gasteiger partial charge in [-0.05, 0) is 75.2 Å². The van der Waals surface area contributed by atoms with Crippen molar-refractivity contribution in [3.8, 4) is 17.1 Å². The number of hydrogen-bond donors (Lipinski definition) is 3. The van der Waals surface area contributed by atoms with Crippen molar-refractivity contribution < 1.29 is 22.6 Å². The van der Waals surface area contributed by atoms with Gasteiger partial charge in [-0.25, -0.2) is 9.78 Å². The molecule has 2 aliphatic heterocycles. The molecular weight excluding hydrogens is 583 g/mol. The highest BCUT2D eigenvalue weighted by Crippen LogP contribution is 2.42. The zero-order valence-corrected chi connectivity index (χ0v) is 25.8. The number of nitrogens with one attached hydrogen (secondary N) is 3. The normalized spacial score (nSPS) is 15.4. The van der Waals surface area contributed by atoms with Crippen molar-refractivity contribution in [3.63, 3.8) is 0 Å². The van der Waals surface area contributed by atoms with Gasteiger partial charge in [-0.3, -0.25) is 19.1 Å². The van der Waals surface area contributed by atoms with Crippen molar-refractivity contribution in [2.75, 3.05) is 13.2 Å². The van der Waals surface area contributed by atoms with Gasteiger partial charge in [0.05, 0.1) is 0 Å². The number of fused-ring (bicyclic) bond motifs is 3. The number of aromatic nitrogens is 5. The Morgan fingerprint density at radius 1 is 1.11 bits per heavy atom. The van der Waals surface area contributed by atoms with Crippen LogP contribution >= 0.6 is 0 Å². The number of rotatable bonds is 9. The number of halogens is 2. The molecule has 45 heavy (non-hydrogen) atoms. The highest BCUT2D eigenvalue weighted by molar-refractivity contribution is 6.58. The lowest BCUT2D eigenvalue weighted by Crippen LogP contribution is -2.51. The molecule has 6 rings (SSSR count). The summed E-state index contributed by atoms with van der Waals surface area (Å²) in [5.74, 6) is 0.507. The summed E-state index contributed by atoms with van der Waals surface area (Å²) >= 11 is 0. The average Bonchev–Trinajstić information content (AvgIpc) is 3.65. The third-order valence-corrected chi connectivity index (χ3v) is 8.31. The molecule has 234 valence electrons. The highest BCUT2D eigenvalue weighted by Gasteiger charge is 2.54. The van der Waals surface area contributed by atoms with E-state index < -0.39 is 18.2 Å². The van der Waals surface area contributed by atoms with Gasteiger partial charge >= 0.3 is 12.7 Å². The van der Waals surface area contributed by atoms with E-state index in [1.807, 2.05) is 20.8 Å². The van der Waals surface area contributed by atoms with Gasteiger partial charge in [-0.1, -0.05) is 6.92 Å². The van der Waals surface area contributed by atoms with E-state index >= 15 is 8.63 Å². The van der Waals surface area contributed by atoms with Crippen LogP contribution in [-0.4, -0.2) is 60.2 Å². The topological polar surface area (TPSA) is 130 Å². The smallest absolute Gasteiger partial charge is 0.484 e. The average molecular weight is 617 g/mol. The van der Waals surface area contributed by atoms with Crippen LogP contribution in [0.5, 0.6) is 5.75 Å². The molecule has 0 atom stereocenters. The van der Waals surface area contributed by atoms with Gasteiger partial charge in [-0.2, -0.15) is 0 Å². The number of benzene rings is 1. The number of aryl methyl sites for hydroxylation is 2. The van der Waals surface area contributed by atoms with Gasteiger partial charge in [0, 0.05) is 48.5 Å². The van der Waals surface area contributed by atoms with Crippen LogP contribution < -0.4 is 21.3 Å². The molecule has 1 amide bonds. The van der Waals surface area contributed by atoms with Crippen LogP contribution in [0.4, 0.5) is 8.63 Å². The molecule has 0 spiro atoms. The van der Waals surface area contributed by atoms with Gasteiger partial charge in [0.15, 0.2) is 18.0 Å². The molecule has 11 nitrogen and oxygen atoms in total. The summed E-state index contributed by atoms with van der Waals surface area (Å²) in [6.45, 7) is 5.21. The second-order valence-corrected chi connectivity index (χ2v) is 11.6. The Balaban J connectivity index is 1.11. The second-order valence-electron chi connectivity index (χ2n) is 11.6. The summed E-state index contributed by atoms with van der Waals surface area (Å²) in [5, 5.41) is 2.85. The molecule has 3 aromatic heterocycles. The standard InChI is InChI=1S/C31H34BF2N7O4/c1-6-13-39-30(43)25-29(38-31(39)44)37-28(36-25)21-7-9-22(10-8-21)45-16-24(42)35-12-11-23-26-17(2)14-19(4)40(26)32(33,34)41-20(5)15-18(3)27(23)41/h7-10,14-15H,6,11-13,16H2,1-5H3,(H,35,42)(H,36,37)(H,38,44). The van der Waals surface area contributed by atoms with Crippen LogP contribution in [0.2, 0.25) is 0 Å². The Hall–Kier alpha value is -5.01. The van der Waals surface area contributed by atoms with Crippen LogP contribution in [-0.2, 0) is 11.3 Å². The SMILES string of the molecule is CCCn1c(=O)[nH]c2nc(-c3ccc(OCC(=O)NCCC4=C5C(C)=CC(C)=[N+]5[B-](F)(F)n5c(C)cc(C)c54)cc3)[nH]c2c1=O. The maximum atomic E-state index is 15.7. The zero-order chi connectivity index (χ0) is 32.2. The molecule has 0 bridgehead atoms. The van der Waals surface area contributed by atoms with Crippen LogP contribution in [0.25, 0.3) is 28.1 Å². The molecule has 0 saturated carbocycles. The van der Waals surface area contributed by atoms with E-state index in [1.54, 1.807) is 50.3 Å². The van der Waals surface area contributed by atoms with E-state index in [1.165, 1.54) is 0 Å². The molecule has 2 aliphatic rings. The van der Waals surface area contributed by atoms with Gasteiger partial charge in [-0.15, -0.1) is 0 Å². The van der Waals surface area contributed by atoms with Crippen LogP contribution in [0.15, 0.2) is 57.3 Å². The van der Waals surface area contributed by atoms with Crippen molar-refractivity contribution in [1.82, 2.24) is 29.3 Å². The highest BCUT2D eigenvalue weighted by atomic mass is 19.2. The van der Waals surface area contributed by atoms with E-state index in [-0.39, 0.29) is 30.2 Å². The lowest BCUT2D eigenvalue weighted by atomic mass is 9.85.